The van der Waals surface area contributed by atoms with Gasteiger partial charge in [0.15, 0.2) is 5.65 Å². The zero-order valence-electron chi connectivity index (χ0n) is 15.6. The number of nitrogens with zero attached hydrogens (tertiary/aromatic N) is 4. The maximum absolute atomic E-state index is 13.1. The number of aromatic nitrogens is 4. The number of piperidine rings is 1. The van der Waals surface area contributed by atoms with Crippen LogP contribution in [0.1, 0.15) is 30.1 Å². The topological polar surface area (TPSA) is 95.9 Å². The standard InChI is InChI=1S/C19H22N6O2/c1-11-15-17(21-22-18(15)25(3)23-11)20-19(27)13-9-10-14(26)24(2)16(13)12-7-5-4-6-8-12/h4-8,13,16H,9-10H2,1-3H3,(H2,20,21,22,27)/t13-,16-/m0/s1. The third kappa shape index (κ3) is 2.87. The first kappa shape index (κ1) is 17.3. The molecule has 27 heavy (non-hydrogen) atoms. The highest BCUT2D eigenvalue weighted by molar-refractivity contribution is 6.01. The third-order valence-electron chi connectivity index (χ3n) is 5.30. The minimum Gasteiger partial charge on any atom is -0.338 e. The second-order valence-electron chi connectivity index (χ2n) is 7.00. The minimum atomic E-state index is -0.342. The van der Waals surface area contributed by atoms with Gasteiger partial charge in [-0.3, -0.25) is 14.7 Å². The van der Waals surface area contributed by atoms with Crippen molar-refractivity contribution in [3.63, 3.8) is 0 Å². The van der Waals surface area contributed by atoms with Gasteiger partial charge in [0.25, 0.3) is 0 Å². The smallest absolute Gasteiger partial charge is 0.231 e. The molecule has 0 spiro atoms. The van der Waals surface area contributed by atoms with Crippen molar-refractivity contribution >= 4 is 28.7 Å². The molecule has 140 valence electrons. The molecule has 1 aromatic carbocycles. The molecule has 0 bridgehead atoms. The maximum atomic E-state index is 13.1. The van der Waals surface area contributed by atoms with Gasteiger partial charge >= 0.3 is 0 Å². The second-order valence-corrected chi connectivity index (χ2v) is 7.00. The molecule has 0 unspecified atom stereocenters. The molecule has 2 amide bonds. The molecule has 0 saturated carbocycles. The zero-order chi connectivity index (χ0) is 19.1. The summed E-state index contributed by atoms with van der Waals surface area (Å²) in [6, 6.07) is 9.40. The van der Waals surface area contributed by atoms with E-state index in [1.54, 1.807) is 16.6 Å². The van der Waals surface area contributed by atoms with E-state index < -0.39 is 0 Å². The third-order valence-corrected chi connectivity index (χ3v) is 5.30. The lowest BCUT2D eigenvalue weighted by Gasteiger charge is -2.38. The van der Waals surface area contributed by atoms with Crippen molar-refractivity contribution in [2.45, 2.75) is 25.8 Å². The van der Waals surface area contributed by atoms with E-state index in [1.807, 2.05) is 44.3 Å². The van der Waals surface area contributed by atoms with E-state index in [0.29, 0.717) is 24.3 Å². The molecule has 2 atom stereocenters. The summed E-state index contributed by atoms with van der Waals surface area (Å²) in [6.45, 7) is 1.88. The number of benzene rings is 1. The van der Waals surface area contributed by atoms with Crippen LogP contribution in [0, 0.1) is 12.8 Å². The average Bonchev–Trinajstić information content (AvgIpc) is 3.20. The Bertz CT molecular complexity index is 1010. The summed E-state index contributed by atoms with van der Waals surface area (Å²) < 4.78 is 1.68. The van der Waals surface area contributed by atoms with Gasteiger partial charge in [-0.05, 0) is 18.9 Å². The Morgan fingerprint density at radius 2 is 2.00 bits per heavy atom. The van der Waals surface area contributed by atoms with Crippen molar-refractivity contribution < 1.29 is 9.59 Å². The molecule has 2 N–H and O–H groups in total. The van der Waals surface area contributed by atoms with E-state index in [-0.39, 0.29) is 23.8 Å². The Morgan fingerprint density at radius 3 is 2.74 bits per heavy atom. The molecule has 3 heterocycles. The van der Waals surface area contributed by atoms with Crippen LogP contribution in [0.2, 0.25) is 0 Å². The quantitative estimate of drug-likeness (QED) is 0.742. The number of amides is 2. The van der Waals surface area contributed by atoms with Gasteiger partial charge in [-0.15, -0.1) is 0 Å². The fourth-order valence-electron chi connectivity index (χ4n) is 3.96. The van der Waals surface area contributed by atoms with Crippen LogP contribution >= 0.6 is 0 Å². The highest BCUT2D eigenvalue weighted by Gasteiger charge is 2.39. The molecule has 0 radical (unpaired) electrons. The summed E-state index contributed by atoms with van der Waals surface area (Å²) in [4.78, 5) is 27.1. The molecule has 3 aromatic rings. The lowest BCUT2D eigenvalue weighted by molar-refractivity contribution is -0.140. The van der Waals surface area contributed by atoms with Crippen molar-refractivity contribution in [1.82, 2.24) is 24.9 Å². The van der Waals surface area contributed by atoms with Crippen LogP contribution in [0.4, 0.5) is 5.82 Å². The second kappa shape index (κ2) is 6.53. The molecule has 8 nitrogen and oxygen atoms in total. The lowest BCUT2D eigenvalue weighted by Crippen LogP contribution is -2.44. The molecule has 1 aliphatic heterocycles. The number of aryl methyl sites for hydroxylation is 2. The van der Waals surface area contributed by atoms with E-state index in [1.165, 1.54) is 0 Å². The molecule has 0 aliphatic carbocycles. The van der Waals surface area contributed by atoms with E-state index in [9.17, 15) is 9.59 Å². The Balaban J connectivity index is 1.65. The molecule has 1 fully saturated rings. The van der Waals surface area contributed by atoms with E-state index in [2.05, 4.69) is 20.6 Å². The summed E-state index contributed by atoms with van der Waals surface area (Å²) in [5.41, 5.74) is 2.45. The van der Waals surface area contributed by atoms with Crippen LogP contribution in [-0.4, -0.2) is 43.7 Å². The number of likely N-dealkylation sites (tertiary alicyclic amines) is 1. The fraction of sp³-hybridized carbons (Fsp3) is 0.368. The van der Waals surface area contributed by atoms with E-state index in [0.717, 1.165) is 16.6 Å². The lowest BCUT2D eigenvalue weighted by atomic mass is 9.84. The number of fused-ring (bicyclic) bond motifs is 1. The Kier molecular flexibility index (Phi) is 4.18. The Morgan fingerprint density at radius 1 is 1.26 bits per heavy atom. The van der Waals surface area contributed by atoms with Crippen LogP contribution in [-0.2, 0) is 16.6 Å². The molecule has 1 aliphatic rings. The number of H-pyrrole nitrogens is 1. The summed E-state index contributed by atoms with van der Waals surface area (Å²) in [7, 11) is 3.58. The highest BCUT2D eigenvalue weighted by Crippen LogP contribution is 2.36. The van der Waals surface area contributed by atoms with E-state index >= 15 is 0 Å². The monoisotopic (exact) mass is 366 g/mol. The number of aromatic amines is 1. The summed E-state index contributed by atoms with van der Waals surface area (Å²) in [5, 5.41) is 15.3. The number of carbonyl (C=O) groups excluding carboxylic acids is 2. The van der Waals surface area contributed by atoms with Gasteiger partial charge in [0.2, 0.25) is 11.8 Å². The van der Waals surface area contributed by atoms with Gasteiger partial charge in [0.1, 0.15) is 5.82 Å². The summed E-state index contributed by atoms with van der Waals surface area (Å²) >= 11 is 0. The Labute approximate surface area is 156 Å². The van der Waals surface area contributed by atoms with Gasteiger partial charge in [0, 0.05) is 20.5 Å². The molecular weight excluding hydrogens is 344 g/mol. The zero-order valence-corrected chi connectivity index (χ0v) is 15.6. The van der Waals surface area contributed by atoms with Gasteiger partial charge < -0.3 is 10.2 Å². The number of anilines is 1. The molecular formula is C19H22N6O2. The minimum absolute atomic E-state index is 0.0555. The van der Waals surface area contributed by atoms with Gasteiger partial charge in [-0.1, -0.05) is 30.3 Å². The maximum Gasteiger partial charge on any atom is 0.231 e. The molecule has 1 saturated heterocycles. The van der Waals surface area contributed by atoms with Crippen LogP contribution in [0.15, 0.2) is 30.3 Å². The van der Waals surface area contributed by atoms with Gasteiger partial charge in [0.05, 0.1) is 23.0 Å². The largest absolute Gasteiger partial charge is 0.338 e. The number of carbonyl (C=O) groups is 2. The van der Waals surface area contributed by atoms with Crippen LogP contribution in [0.5, 0.6) is 0 Å². The number of hydrogen-bond acceptors (Lipinski definition) is 4. The van der Waals surface area contributed by atoms with Gasteiger partial charge in [-0.25, -0.2) is 4.68 Å². The summed E-state index contributed by atoms with van der Waals surface area (Å²) in [5.74, 6) is 0.134. The summed E-state index contributed by atoms with van der Waals surface area (Å²) in [6.07, 6.45) is 0.875. The number of rotatable bonds is 3. The molecule has 8 heteroatoms. The van der Waals surface area contributed by atoms with Crippen LogP contribution < -0.4 is 5.32 Å². The number of nitrogens with one attached hydrogen (secondary N) is 2. The van der Waals surface area contributed by atoms with E-state index in [4.69, 9.17) is 0 Å². The highest BCUT2D eigenvalue weighted by atomic mass is 16.2. The predicted octanol–water partition coefficient (Wildman–Crippen LogP) is 2.15. The molecule has 2 aromatic heterocycles. The van der Waals surface area contributed by atoms with Crippen molar-refractivity contribution in [3.05, 3.63) is 41.6 Å². The normalized spacial score (nSPS) is 20.3. The molecule has 4 rings (SSSR count). The van der Waals surface area contributed by atoms with Crippen molar-refractivity contribution in [1.29, 1.82) is 0 Å². The van der Waals surface area contributed by atoms with Crippen molar-refractivity contribution in [2.24, 2.45) is 13.0 Å². The van der Waals surface area contributed by atoms with Crippen molar-refractivity contribution in [2.75, 3.05) is 12.4 Å². The average molecular weight is 366 g/mol. The van der Waals surface area contributed by atoms with Crippen molar-refractivity contribution in [3.8, 4) is 0 Å². The van der Waals surface area contributed by atoms with Crippen LogP contribution in [0.3, 0.4) is 0 Å². The van der Waals surface area contributed by atoms with Gasteiger partial charge in [-0.2, -0.15) is 10.2 Å². The fourth-order valence-corrected chi connectivity index (χ4v) is 3.96. The first-order valence-electron chi connectivity index (χ1n) is 8.96. The predicted molar refractivity (Wildman–Crippen MR) is 101 cm³/mol. The SMILES string of the molecule is Cc1nn(C)c2n[nH]c(NC(=O)[C@H]3CCC(=O)N(C)[C@H]3c3ccccc3)c12. The first-order chi connectivity index (χ1) is 13.0. The Hall–Kier alpha value is -3.16. The number of hydrogen-bond donors (Lipinski definition) is 2. The van der Waals surface area contributed by atoms with Crippen LogP contribution in [0.25, 0.3) is 11.0 Å². The first-order valence-corrected chi connectivity index (χ1v) is 8.96.